The van der Waals surface area contributed by atoms with Gasteiger partial charge in [0.1, 0.15) is 11.6 Å². The smallest absolute Gasteiger partial charge is 0.343 e. The van der Waals surface area contributed by atoms with E-state index in [0.29, 0.717) is 16.9 Å². The van der Waals surface area contributed by atoms with Crippen molar-refractivity contribution in [2.45, 2.75) is 26.2 Å². The van der Waals surface area contributed by atoms with Crippen LogP contribution in [0.2, 0.25) is 5.02 Å². The van der Waals surface area contributed by atoms with Crippen LogP contribution >= 0.6 is 11.6 Å². The molecule has 0 bridgehead atoms. The van der Waals surface area contributed by atoms with Gasteiger partial charge in [-0.25, -0.2) is 9.18 Å². The van der Waals surface area contributed by atoms with E-state index in [9.17, 15) is 14.0 Å². The number of allylic oxidation sites excluding steroid dienone is 1. The van der Waals surface area contributed by atoms with Gasteiger partial charge >= 0.3 is 5.97 Å². The molecule has 0 atom stereocenters. The zero-order valence-corrected chi connectivity index (χ0v) is 18.2. The number of benzene rings is 3. The highest BCUT2D eigenvalue weighted by Crippen LogP contribution is 2.23. The number of ether oxygens (including phenoxy) is 1. The quantitative estimate of drug-likeness (QED) is 0.189. The first-order chi connectivity index (χ1) is 14.6. The van der Waals surface area contributed by atoms with Gasteiger partial charge in [0.2, 0.25) is 0 Å². The Morgan fingerprint density at radius 1 is 0.903 bits per heavy atom. The molecule has 3 rings (SSSR count). The van der Waals surface area contributed by atoms with Crippen LogP contribution in [0, 0.1) is 5.82 Å². The minimum Gasteiger partial charge on any atom is -0.423 e. The van der Waals surface area contributed by atoms with Gasteiger partial charge in [0.15, 0.2) is 5.78 Å². The number of rotatable bonds is 5. The van der Waals surface area contributed by atoms with E-state index in [-0.39, 0.29) is 21.8 Å². The van der Waals surface area contributed by atoms with E-state index in [0.717, 1.165) is 5.56 Å². The van der Waals surface area contributed by atoms with Gasteiger partial charge in [0.25, 0.3) is 0 Å². The summed E-state index contributed by atoms with van der Waals surface area (Å²) in [6.07, 6.45) is 2.59. The summed E-state index contributed by atoms with van der Waals surface area (Å²) in [6, 6.07) is 17.8. The van der Waals surface area contributed by atoms with Gasteiger partial charge in [0, 0.05) is 11.1 Å². The normalized spacial score (nSPS) is 11.5. The lowest BCUT2D eigenvalue weighted by Crippen LogP contribution is -2.13. The van der Waals surface area contributed by atoms with Crippen LogP contribution < -0.4 is 4.74 Å². The second kappa shape index (κ2) is 9.27. The highest BCUT2D eigenvalue weighted by molar-refractivity contribution is 6.32. The van der Waals surface area contributed by atoms with E-state index in [1.807, 2.05) is 12.1 Å². The summed E-state index contributed by atoms with van der Waals surface area (Å²) in [6.45, 7) is 6.30. The topological polar surface area (TPSA) is 43.4 Å². The Balaban J connectivity index is 1.66. The molecule has 0 aliphatic carbocycles. The van der Waals surface area contributed by atoms with Crippen molar-refractivity contribution in [3.63, 3.8) is 0 Å². The lowest BCUT2D eigenvalue weighted by atomic mass is 9.87. The lowest BCUT2D eigenvalue weighted by molar-refractivity contribution is 0.0734. The number of esters is 1. The largest absolute Gasteiger partial charge is 0.423 e. The molecule has 0 radical (unpaired) electrons. The van der Waals surface area contributed by atoms with Gasteiger partial charge in [-0.1, -0.05) is 50.6 Å². The fourth-order valence-electron chi connectivity index (χ4n) is 2.88. The zero-order valence-electron chi connectivity index (χ0n) is 17.5. The summed E-state index contributed by atoms with van der Waals surface area (Å²) in [4.78, 5) is 24.7. The van der Waals surface area contributed by atoms with Crippen LogP contribution in [0.1, 0.15) is 52.6 Å². The van der Waals surface area contributed by atoms with Crippen LogP contribution in [0.25, 0.3) is 6.08 Å². The maximum atomic E-state index is 13.8. The molecule has 5 heteroatoms. The summed E-state index contributed by atoms with van der Waals surface area (Å²) in [5, 5.41) is 0.224. The first kappa shape index (κ1) is 22.4. The summed E-state index contributed by atoms with van der Waals surface area (Å²) in [5.41, 5.74) is 2.09. The third kappa shape index (κ3) is 5.68. The minimum atomic E-state index is -0.505. The van der Waals surface area contributed by atoms with E-state index in [4.69, 9.17) is 16.3 Å². The molecule has 0 N–H and O–H groups in total. The molecule has 0 amide bonds. The Labute approximate surface area is 186 Å². The molecule has 3 nitrogen and oxygen atoms in total. The molecule has 0 aromatic heterocycles. The monoisotopic (exact) mass is 436 g/mol. The van der Waals surface area contributed by atoms with Crippen LogP contribution in [0.5, 0.6) is 5.75 Å². The number of ketones is 1. The van der Waals surface area contributed by atoms with Crippen LogP contribution in [-0.4, -0.2) is 11.8 Å². The van der Waals surface area contributed by atoms with Gasteiger partial charge in [-0.05, 0) is 71.7 Å². The van der Waals surface area contributed by atoms with E-state index < -0.39 is 11.8 Å². The number of hydrogen-bond acceptors (Lipinski definition) is 3. The fourth-order valence-corrected chi connectivity index (χ4v) is 3.11. The first-order valence-corrected chi connectivity index (χ1v) is 10.1. The molecule has 3 aromatic rings. The van der Waals surface area contributed by atoms with E-state index in [2.05, 4.69) is 20.8 Å². The number of halogens is 2. The maximum absolute atomic E-state index is 13.8. The van der Waals surface area contributed by atoms with Crippen molar-refractivity contribution in [1.82, 2.24) is 0 Å². The average molecular weight is 437 g/mol. The summed E-state index contributed by atoms with van der Waals surface area (Å²) < 4.78 is 19.2. The Kier molecular flexibility index (Phi) is 6.71. The summed E-state index contributed by atoms with van der Waals surface area (Å²) >= 11 is 5.96. The SMILES string of the molecule is CC(C)(C)c1ccc(C(=O)Oc2ccc(C(=O)/C=C/c3c(F)cccc3Cl)cc2)cc1. The summed E-state index contributed by atoms with van der Waals surface area (Å²) in [5.74, 6) is -0.986. The molecule has 0 aliphatic heterocycles. The first-order valence-electron chi connectivity index (χ1n) is 9.74. The summed E-state index contributed by atoms with van der Waals surface area (Å²) in [7, 11) is 0. The van der Waals surface area contributed by atoms with Gasteiger partial charge in [-0.15, -0.1) is 0 Å². The van der Waals surface area contributed by atoms with Crippen molar-refractivity contribution in [3.05, 3.63) is 106 Å². The Hall–Kier alpha value is -3.24. The van der Waals surface area contributed by atoms with Crippen LogP contribution in [0.15, 0.2) is 72.8 Å². The highest BCUT2D eigenvalue weighted by atomic mass is 35.5. The minimum absolute atomic E-state index is 0.00311. The molecule has 0 fully saturated rings. The van der Waals surface area contributed by atoms with Crippen LogP contribution in [-0.2, 0) is 5.41 Å². The van der Waals surface area contributed by atoms with Crippen molar-refractivity contribution in [2.24, 2.45) is 0 Å². The predicted octanol–water partition coefficient (Wildman–Crippen LogP) is 6.89. The van der Waals surface area contributed by atoms with Crippen LogP contribution in [0.3, 0.4) is 0 Å². The molecule has 0 spiro atoms. The number of carbonyl (C=O) groups is 2. The molecular formula is C26H22ClFO3. The van der Waals surface area contributed by atoms with Gasteiger partial charge in [0.05, 0.1) is 10.6 Å². The molecule has 3 aromatic carbocycles. The lowest BCUT2D eigenvalue weighted by Gasteiger charge is -2.18. The Bertz CT molecular complexity index is 1100. The van der Waals surface area contributed by atoms with Crippen molar-refractivity contribution < 1.29 is 18.7 Å². The molecule has 0 heterocycles. The standard InChI is InChI=1S/C26H22ClFO3/c1-26(2,3)19-11-7-18(8-12-19)25(30)31-20-13-9-17(10-14-20)24(29)16-15-21-22(27)5-4-6-23(21)28/h4-16H,1-3H3/b16-15+. The maximum Gasteiger partial charge on any atom is 0.343 e. The number of carbonyl (C=O) groups excluding carboxylic acids is 2. The van der Waals surface area contributed by atoms with Gasteiger partial charge < -0.3 is 4.74 Å². The van der Waals surface area contributed by atoms with Crippen molar-refractivity contribution in [1.29, 1.82) is 0 Å². The number of hydrogen-bond donors (Lipinski definition) is 0. The molecule has 0 unspecified atom stereocenters. The predicted molar refractivity (Wildman–Crippen MR) is 121 cm³/mol. The average Bonchev–Trinajstić information content (AvgIpc) is 2.73. The molecule has 0 saturated carbocycles. The molecule has 31 heavy (non-hydrogen) atoms. The van der Waals surface area contributed by atoms with Gasteiger partial charge in [-0.2, -0.15) is 0 Å². The molecule has 0 aliphatic rings. The van der Waals surface area contributed by atoms with Gasteiger partial charge in [-0.3, -0.25) is 4.79 Å². The van der Waals surface area contributed by atoms with Crippen molar-refractivity contribution >= 4 is 29.4 Å². The van der Waals surface area contributed by atoms with E-state index in [1.54, 1.807) is 42.5 Å². The van der Waals surface area contributed by atoms with E-state index in [1.165, 1.54) is 24.3 Å². The van der Waals surface area contributed by atoms with Crippen molar-refractivity contribution in [3.8, 4) is 5.75 Å². The highest BCUT2D eigenvalue weighted by Gasteiger charge is 2.15. The fraction of sp³-hybridized carbons (Fsp3) is 0.154. The second-order valence-electron chi connectivity index (χ2n) is 8.07. The molecule has 158 valence electrons. The Morgan fingerprint density at radius 3 is 2.10 bits per heavy atom. The third-order valence-corrected chi connectivity index (χ3v) is 5.07. The van der Waals surface area contributed by atoms with Crippen molar-refractivity contribution in [2.75, 3.05) is 0 Å². The zero-order chi connectivity index (χ0) is 22.6. The third-order valence-electron chi connectivity index (χ3n) is 4.74. The molecule has 0 saturated heterocycles. The second-order valence-corrected chi connectivity index (χ2v) is 8.48. The Morgan fingerprint density at radius 2 is 1.52 bits per heavy atom. The van der Waals surface area contributed by atoms with Crippen LogP contribution in [0.4, 0.5) is 4.39 Å². The van der Waals surface area contributed by atoms with E-state index >= 15 is 0 Å². The molecular weight excluding hydrogens is 415 g/mol.